The second-order valence-corrected chi connectivity index (χ2v) is 5.66. The van der Waals surface area contributed by atoms with E-state index in [0.717, 1.165) is 33.6 Å². The molecule has 0 aliphatic rings. The van der Waals surface area contributed by atoms with Crippen molar-refractivity contribution in [1.82, 2.24) is 20.2 Å². The van der Waals surface area contributed by atoms with Crippen molar-refractivity contribution in [2.45, 2.75) is 0 Å². The fraction of sp³-hybridized carbons (Fsp3) is 0. The first-order valence-electron chi connectivity index (χ1n) is 7.49. The summed E-state index contributed by atoms with van der Waals surface area (Å²) in [6, 6.07) is 17.9. The number of hydrogen-bond acceptors (Lipinski definition) is 3. The Bertz CT molecular complexity index is 965. The van der Waals surface area contributed by atoms with Crippen LogP contribution < -0.4 is 0 Å². The second-order valence-electron chi connectivity index (χ2n) is 5.30. The Labute approximate surface area is 144 Å². The summed E-state index contributed by atoms with van der Waals surface area (Å²) in [7, 11) is 0. The number of aromatic nitrogens is 4. The van der Waals surface area contributed by atoms with Crippen LogP contribution in [0.4, 0.5) is 0 Å². The molecule has 4 rings (SSSR count). The highest BCUT2D eigenvalue weighted by molar-refractivity contribution is 6.32. The van der Waals surface area contributed by atoms with Crippen LogP contribution in [0.2, 0.25) is 5.15 Å². The second kappa shape index (κ2) is 6.26. The summed E-state index contributed by atoms with van der Waals surface area (Å²) in [6.45, 7) is 0. The monoisotopic (exact) mass is 332 g/mol. The molecule has 0 unspecified atom stereocenters. The van der Waals surface area contributed by atoms with Crippen LogP contribution in [-0.4, -0.2) is 20.2 Å². The average molecular weight is 333 g/mol. The van der Waals surface area contributed by atoms with E-state index in [-0.39, 0.29) is 0 Å². The number of rotatable bonds is 3. The molecule has 3 aromatic heterocycles. The third kappa shape index (κ3) is 2.68. The van der Waals surface area contributed by atoms with Crippen LogP contribution in [0.25, 0.3) is 33.6 Å². The number of aromatic amines is 1. The average Bonchev–Trinajstić information content (AvgIpc) is 3.13. The van der Waals surface area contributed by atoms with Crippen molar-refractivity contribution in [1.29, 1.82) is 0 Å². The van der Waals surface area contributed by atoms with Gasteiger partial charge >= 0.3 is 0 Å². The first-order chi connectivity index (χ1) is 11.8. The van der Waals surface area contributed by atoms with Crippen molar-refractivity contribution in [2.75, 3.05) is 0 Å². The van der Waals surface area contributed by atoms with E-state index in [1.807, 2.05) is 54.6 Å². The SMILES string of the molecule is Clc1nccc(-c2ccccc2)c1-c1cc(-c2cccnc2)n[nH]1. The van der Waals surface area contributed by atoms with E-state index in [0.29, 0.717) is 5.15 Å². The molecule has 24 heavy (non-hydrogen) atoms. The van der Waals surface area contributed by atoms with Gasteiger partial charge in [-0.05, 0) is 35.4 Å². The molecule has 0 atom stereocenters. The van der Waals surface area contributed by atoms with E-state index in [9.17, 15) is 0 Å². The van der Waals surface area contributed by atoms with Crippen LogP contribution >= 0.6 is 11.6 Å². The Balaban J connectivity index is 1.85. The zero-order valence-electron chi connectivity index (χ0n) is 12.6. The molecule has 0 saturated heterocycles. The molecular weight excluding hydrogens is 320 g/mol. The Morgan fingerprint density at radius 2 is 1.71 bits per heavy atom. The van der Waals surface area contributed by atoms with Gasteiger partial charge in [0.25, 0.3) is 0 Å². The summed E-state index contributed by atoms with van der Waals surface area (Å²) in [5, 5.41) is 7.90. The number of nitrogens with one attached hydrogen (secondary N) is 1. The van der Waals surface area contributed by atoms with Gasteiger partial charge in [-0.2, -0.15) is 5.10 Å². The minimum Gasteiger partial charge on any atom is -0.277 e. The largest absolute Gasteiger partial charge is 0.277 e. The Morgan fingerprint density at radius 3 is 2.50 bits per heavy atom. The Kier molecular flexibility index (Phi) is 3.81. The maximum absolute atomic E-state index is 6.40. The van der Waals surface area contributed by atoms with Crippen LogP contribution in [0, 0.1) is 0 Å². The van der Waals surface area contributed by atoms with Crippen LogP contribution in [0.5, 0.6) is 0 Å². The summed E-state index contributed by atoms with van der Waals surface area (Å²) in [5.41, 5.74) is 5.52. The standard InChI is InChI=1S/C19H13ClN4/c20-19-18(15(8-10-22-19)13-5-2-1-3-6-13)17-11-16(23-24-17)14-7-4-9-21-12-14/h1-12H,(H,23,24). The number of benzene rings is 1. The van der Waals surface area contributed by atoms with E-state index in [2.05, 4.69) is 20.2 Å². The van der Waals surface area contributed by atoms with Crippen molar-refractivity contribution in [3.63, 3.8) is 0 Å². The molecular formula is C19H13ClN4. The molecule has 1 N–H and O–H groups in total. The van der Waals surface area contributed by atoms with Crippen LogP contribution in [0.15, 0.2) is 73.2 Å². The number of pyridine rings is 2. The van der Waals surface area contributed by atoms with Crippen molar-refractivity contribution in [2.24, 2.45) is 0 Å². The van der Waals surface area contributed by atoms with Crippen molar-refractivity contribution in [3.05, 3.63) is 78.3 Å². The first-order valence-corrected chi connectivity index (χ1v) is 7.87. The van der Waals surface area contributed by atoms with Gasteiger partial charge in [0.05, 0.1) is 11.4 Å². The van der Waals surface area contributed by atoms with Gasteiger partial charge in [-0.1, -0.05) is 41.9 Å². The minimum atomic E-state index is 0.442. The maximum Gasteiger partial charge on any atom is 0.138 e. The zero-order chi connectivity index (χ0) is 16.4. The smallest absolute Gasteiger partial charge is 0.138 e. The zero-order valence-corrected chi connectivity index (χ0v) is 13.4. The number of H-pyrrole nitrogens is 1. The van der Waals surface area contributed by atoms with E-state index < -0.39 is 0 Å². The lowest BCUT2D eigenvalue weighted by Crippen LogP contribution is -1.89. The van der Waals surface area contributed by atoms with Gasteiger partial charge in [-0.3, -0.25) is 10.1 Å². The van der Waals surface area contributed by atoms with E-state index in [1.165, 1.54) is 0 Å². The van der Waals surface area contributed by atoms with Gasteiger partial charge < -0.3 is 0 Å². The molecule has 0 saturated carbocycles. The molecule has 4 aromatic rings. The molecule has 0 aliphatic heterocycles. The predicted molar refractivity (Wildman–Crippen MR) is 95.5 cm³/mol. The number of hydrogen-bond donors (Lipinski definition) is 1. The molecule has 0 bridgehead atoms. The third-order valence-electron chi connectivity index (χ3n) is 3.79. The third-order valence-corrected chi connectivity index (χ3v) is 4.08. The fourth-order valence-corrected chi connectivity index (χ4v) is 2.92. The topological polar surface area (TPSA) is 54.5 Å². The van der Waals surface area contributed by atoms with Gasteiger partial charge in [0.2, 0.25) is 0 Å². The summed E-state index contributed by atoms with van der Waals surface area (Å²) >= 11 is 6.40. The lowest BCUT2D eigenvalue weighted by atomic mass is 9.99. The lowest BCUT2D eigenvalue weighted by Gasteiger charge is -2.09. The maximum atomic E-state index is 6.40. The molecule has 0 aliphatic carbocycles. The Hall–Kier alpha value is -2.98. The molecule has 1 aromatic carbocycles. The molecule has 5 heteroatoms. The summed E-state index contributed by atoms with van der Waals surface area (Å²) in [5.74, 6) is 0. The van der Waals surface area contributed by atoms with Crippen LogP contribution in [-0.2, 0) is 0 Å². The summed E-state index contributed by atoms with van der Waals surface area (Å²) in [6.07, 6.45) is 5.23. The molecule has 0 spiro atoms. The number of nitrogens with zero attached hydrogens (tertiary/aromatic N) is 3. The van der Waals surface area contributed by atoms with E-state index in [4.69, 9.17) is 11.6 Å². The number of halogens is 1. The Morgan fingerprint density at radius 1 is 0.875 bits per heavy atom. The van der Waals surface area contributed by atoms with Gasteiger partial charge in [0.15, 0.2) is 0 Å². The van der Waals surface area contributed by atoms with E-state index >= 15 is 0 Å². The summed E-state index contributed by atoms with van der Waals surface area (Å²) in [4.78, 5) is 8.36. The van der Waals surface area contributed by atoms with Gasteiger partial charge in [-0.15, -0.1) is 0 Å². The molecule has 0 radical (unpaired) electrons. The van der Waals surface area contributed by atoms with Crippen molar-refractivity contribution < 1.29 is 0 Å². The van der Waals surface area contributed by atoms with Gasteiger partial charge in [0, 0.05) is 29.7 Å². The van der Waals surface area contributed by atoms with E-state index in [1.54, 1.807) is 18.6 Å². The van der Waals surface area contributed by atoms with Gasteiger partial charge in [0.1, 0.15) is 5.15 Å². The van der Waals surface area contributed by atoms with Crippen LogP contribution in [0.1, 0.15) is 0 Å². The van der Waals surface area contributed by atoms with Gasteiger partial charge in [-0.25, -0.2) is 4.98 Å². The quantitative estimate of drug-likeness (QED) is 0.545. The lowest BCUT2D eigenvalue weighted by molar-refractivity contribution is 1.09. The highest BCUT2D eigenvalue weighted by Crippen LogP contribution is 2.36. The minimum absolute atomic E-state index is 0.442. The molecule has 0 amide bonds. The molecule has 116 valence electrons. The van der Waals surface area contributed by atoms with Crippen molar-refractivity contribution >= 4 is 11.6 Å². The normalized spacial score (nSPS) is 10.7. The summed E-state index contributed by atoms with van der Waals surface area (Å²) < 4.78 is 0. The first kappa shape index (κ1) is 14.6. The van der Waals surface area contributed by atoms with Crippen LogP contribution in [0.3, 0.4) is 0 Å². The fourth-order valence-electron chi connectivity index (χ4n) is 2.66. The predicted octanol–water partition coefficient (Wildman–Crippen LogP) is 4.85. The van der Waals surface area contributed by atoms with Crippen molar-refractivity contribution in [3.8, 4) is 33.6 Å². The molecule has 0 fully saturated rings. The highest BCUT2D eigenvalue weighted by Gasteiger charge is 2.15. The molecule has 3 heterocycles. The highest BCUT2D eigenvalue weighted by atomic mass is 35.5. The molecule has 4 nitrogen and oxygen atoms in total.